The van der Waals surface area contributed by atoms with Crippen LogP contribution >= 0.6 is 11.6 Å². The minimum atomic E-state index is -0.691. The molecule has 0 aliphatic carbocycles. The molecule has 0 spiro atoms. The highest BCUT2D eigenvalue weighted by molar-refractivity contribution is 6.32. The van der Waals surface area contributed by atoms with E-state index in [-0.39, 0.29) is 0 Å². The van der Waals surface area contributed by atoms with Gasteiger partial charge in [0.2, 0.25) is 0 Å². The van der Waals surface area contributed by atoms with Crippen LogP contribution in [0.1, 0.15) is 33.3 Å². The van der Waals surface area contributed by atoms with Gasteiger partial charge in [-0.2, -0.15) is 0 Å². The fourth-order valence-corrected chi connectivity index (χ4v) is 1.49. The molecule has 0 saturated carbocycles. The number of esters is 1. The van der Waals surface area contributed by atoms with Crippen molar-refractivity contribution in [2.75, 3.05) is 0 Å². The SMILES string of the molecule is Cc1ccc(Cl)c(OC(C)C(=O)OC(C)(C)C)c1. The highest BCUT2D eigenvalue weighted by atomic mass is 35.5. The van der Waals surface area contributed by atoms with Gasteiger partial charge in [0.1, 0.15) is 11.4 Å². The molecule has 0 aliphatic heterocycles. The Morgan fingerprint density at radius 3 is 2.50 bits per heavy atom. The molecule has 0 heterocycles. The van der Waals surface area contributed by atoms with Gasteiger partial charge in [-0.3, -0.25) is 0 Å². The lowest BCUT2D eigenvalue weighted by atomic mass is 10.2. The van der Waals surface area contributed by atoms with Crippen LogP contribution in [0.25, 0.3) is 0 Å². The lowest BCUT2D eigenvalue weighted by molar-refractivity contribution is -0.162. The van der Waals surface area contributed by atoms with Crippen LogP contribution < -0.4 is 4.74 Å². The lowest BCUT2D eigenvalue weighted by Gasteiger charge is -2.23. The van der Waals surface area contributed by atoms with E-state index >= 15 is 0 Å². The van der Waals surface area contributed by atoms with Crippen LogP contribution in [0.3, 0.4) is 0 Å². The zero-order chi connectivity index (χ0) is 13.9. The summed E-state index contributed by atoms with van der Waals surface area (Å²) in [5.41, 5.74) is 0.497. The van der Waals surface area contributed by atoms with Crippen molar-refractivity contribution in [1.82, 2.24) is 0 Å². The molecule has 0 bridgehead atoms. The van der Waals surface area contributed by atoms with Gasteiger partial charge in [0.05, 0.1) is 5.02 Å². The van der Waals surface area contributed by atoms with Gasteiger partial charge in [-0.15, -0.1) is 0 Å². The van der Waals surface area contributed by atoms with E-state index in [9.17, 15) is 4.79 Å². The Kier molecular flexibility index (Phi) is 4.63. The predicted octanol–water partition coefficient (Wildman–Crippen LogP) is 3.76. The van der Waals surface area contributed by atoms with E-state index in [2.05, 4.69) is 0 Å². The molecule has 1 unspecified atom stereocenters. The molecule has 18 heavy (non-hydrogen) atoms. The lowest BCUT2D eigenvalue weighted by Crippen LogP contribution is -2.33. The topological polar surface area (TPSA) is 35.5 Å². The first kappa shape index (κ1) is 14.8. The maximum atomic E-state index is 11.8. The summed E-state index contributed by atoms with van der Waals surface area (Å²) in [4.78, 5) is 11.8. The van der Waals surface area contributed by atoms with Gasteiger partial charge in [-0.1, -0.05) is 17.7 Å². The van der Waals surface area contributed by atoms with Crippen LogP contribution in [0.5, 0.6) is 5.75 Å². The molecule has 100 valence electrons. The van der Waals surface area contributed by atoms with Crippen molar-refractivity contribution in [3.8, 4) is 5.75 Å². The number of carbonyl (C=O) groups excluding carboxylic acids is 1. The zero-order valence-corrected chi connectivity index (χ0v) is 12.2. The van der Waals surface area contributed by atoms with Crippen LogP contribution in [-0.4, -0.2) is 17.7 Å². The van der Waals surface area contributed by atoms with Crippen molar-refractivity contribution in [3.63, 3.8) is 0 Å². The Balaban J connectivity index is 2.72. The molecule has 0 saturated heterocycles. The monoisotopic (exact) mass is 270 g/mol. The number of benzene rings is 1. The van der Waals surface area contributed by atoms with Crippen LogP contribution in [0, 0.1) is 6.92 Å². The molecule has 1 rings (SSSR count). The molecule has 0 N–H and O–H groups in total. The smallest absolute Gasteiger partial charge is 0.347 e. The number of halogens is 1. The maximum Gasteiger partial charge on any atom is 0.347 e. The van der Waals surface area contributed by atoms with E-state index < -0.39 is 17.7 Å². The summed E-state index contributed by atoms with van der Waals surface area (Å²) in [6.45, 7) is 9.03. The maximum absolute atomic E-state index is 11.8. The van der Waals surface area contributed by atoms with Gasteiger partial charge in [0.15, 0.2) is 6.10 Å². The summed E-state index contributed by atoms with van der Waals surface area (Å²) in [5.74, 6) is 0.0927. The number of carbonyl (C=O) groups is 1. The van der Waals surface area contributed by atoms with Crippen molar-refractivity contribution in [1.29, 1.82) is 0 Å². The molecule has 0 fully saturated rings. The Bertz CT molecular complexity index is 435. The van der Waals surface area contributed by atoms with Crippen LogP contribution in [0.2, 0.25) is 5.02 Å². The van der Waals surface area contributed by atoms with Crippen molar-refractivity contribution in [2.24, 2.45) is 0 Å². The van der Waals surface area contributed by atoms with E-state index in [1.165, 1.54) is 0 Å². The highest BCUT2D eigenvalue weighted by Crippen LogP contribution is 2.26. The van der Waals surface area contributed by atoms with Crippen molar-refractivity contribution < 1.29 is 14.3 Å². The van der Waals surface area contributed by atoms with Crippen molar-refractivity contribution in [3.05, 3.63) is 28.8 Å². The minimum absolute atomic E-state index is 0.403. The zero-order valence-electron chi connectivity index (χ0n) is 11.4. The summed E-state index contributed by atoms with van der Waals surface area (Å²) in [6, 6.07) is 5.42. The van der Waals surface area contributed by atoms with E-state index in [1.807, 2.05) is 33.8 Å². The van der Waals surface area contributed by atoms with Crippen LogP contribution in [-0.2, 0) is 9.53 Å². The van der Waals surface area contributed by atoms with Crippen molar-refractivity contribution in [2.45, 2.75) is 46.3 Å². The third kappa shape index (κ3) is 4.57. The van der Waals surface area contributed by atoms with Gasteiger partial charge in [0.25, 0.3) is 0 Å². The van der Waals surface area contributed by atoms with Gasteiger partial charge >= 0.3 is 5.97 Å². The molecule has 4 heteroatoms. The molecule has 0 aliphatic rings. The van der Waals surface area contributed by atoms with Crippen molar-refractivity contribution >= 4 is 17.6 Å². The normalized spacial score (nSPS) is 13.0. The van der Waals surface area contributed by atoms with Gasteiger partial charge in [0, 0.05) is 0 Å². The second kappa shape index (κ2) is 5.61. The third-order valence-corrected chi connectivity index (χ3v) is 2.44. The molecular formula is C14H19ClO3. The first-order chi connectivity index (χ1) is 8.19. The molecule has 0 radical (unpaired) electrons. The van der Waals surface area contributed by atoms with Crippen LogP contribution in [0.15, 0.2) is 18.2 Å². The summed E-state index contributed by atoms with van der Waals surface area (Å²) in [5, 5.41) is 0.482. The Labute approximate surface area is 113 Å². The molecule has 1 aromatic carbocycles. The molecule has 0 amide bonds. The third-order valence-electron chi connectivity index (χ3n) is 2.13. The molecule has 1 atom stereocenters. The highest BCUT2D eigenvalue weighted by Gasteiger charge is 2.23. The first-order valence-electron chi connectivity index (χ1n) is 5.85. The van der Waals surface area contributed by atoms with E-state index in [0.717, 1.165) is 5.56 Å². The fourth-order valence-electron chi connectivity index (χ4n) is 1.32. The average molecular weight is 271 g/mol. The summed E-state index contributed by atoms with van der Waals surface area (Å²) in [6.07, 6.45) is -0.691. The fraction of sp³-hybridized carbons (Fsp3) is 0.500. The number of rotatable bonds is 3. The molecule has 0 aromatic heterocycles. The number of hydrogen-bond donors (Lipinski definition) is 0. The van der Waals surface area contributed by atoms with Gasteiger partial charge in [-0.25, -0.2) is 4.79 Å². The second-order valence-electron chi connectivity index (χ2n) is 5.23. The van der Waals surface area contributed by atoms with E-state index in [1.54, 1.807) is 19.1 Å². The quantitative estimate of drug-likeness (QED) is 0.785. The number of aryl methyl sites for hydroxylation is 1. The minimum Gasteiger partial charge on any atom is -0.477 e. The summed E-state index contributed by atoms with van der Waals surface area (Å²) >= 11 is 6.00. The van der Waals surface area contributed by atoms with E-state index in [4.69, 9.17) is 21.1 Å². The van der Waals surface area contributed by atoms with Crippen LogP contribution in [0.4, 0.5) is 0 Å². The van der Waals surface area contributed by atoms with Gasteiger partial charge in [-0.05, 0) is 52.3 Å². The average Bonchev–Trinajstić information content (AvgIpc) is 2.21. The molecular weight excluding hydrogens is 252 g/mol. The molecule has 3 nitrogen and oxygen atoms in total. The molecule has 1 aromatic rings. The Morgan fingerprint density at radius 1 is 1.33 bits per heavy atom. The summed E-state index contributed by atoms with van der Waals surface area (Å²) in [7, 11) is 0. The first-order valence-corrected chi connectivity index (χ1v) is 6.22. The predicted molar refractivity (Wildman–Crippen MR) is 72.1 cm³/mol. The van der Waals surface area contributed by atoms with Gasteiger partial charge < -0.3 is 9.47 Å². The number of ether oxygens (including phenoxy) is 2. The summed E-state index contributed by atoms with van der Waals surface area (Å²) < 4.78 is 10.8. The van der Waals surface area contributed by atoms with E-state index in [0.29, 0.717) is 10.8 Å². The standard InChI is InChI=1S/C14H19ClO3/c1-9-6-7-11(15)12(8-9)17-10(2)13(16)18-14(3,4)5/h6-8,10H,1-5H3. The second-order valence-corrected chi connectivity index (χ2v) is 5.63. The largest absolute Gasteiger partial charge is 0.477 e. The Morgan fingerprint density at radius 2 is 1.94 bits per heavy atom. The number of hydrogen-bond acceptors (Lipinski definition) is 3. The Hall–Kier alpha value is -1.22.